The fourth-order valence-corrected chi connectivity index (χ4v) is 3.59. The molecule has 1 aromatic heterocycles. The molecule has 0 radical (unpaired) electrons. The van der Waals surface area contributed by atoms with Gasteiger partial charge in [0.25, 0.3) is 5.91 Å². The van der Waals surface area contributed by atoms with Gasteiger partial charge in [-0.15, -0.1) is 11.3 Å². The van der Waals surface area contributed by atoms with Crippen molar-refractivity contribution in [2.24, 2.45) is 0 Å². The van der Waals surface area contributed by atoms with Gasteiger partial charge in [-0.05, 0) is 63.1 Å². The largest absolute Gasteiger partial charge is 0.486 e. The summed E-state index contributed by atoms with van der Waals surface area (Å²) in [6, 6.07) is 12.0. The van der Waals surface area contributed by atoms with Crippen LogP contribution in [0.5, 0.6) is 5.75 Å². The minimum atomic E-state index is -0.510. The smallest absolute Gasteiger partial charge is 0.257 e. The van der Waals surface area contributed by atoms with Gasteiger partial charge in [-0.1, -0.05) is 18.2 Å². The summed E-state index contributed by atoms with van der Waals surface area (Å²) < 4.78 is 19.9. The monoisotopic (exact) mass is 412 g/mol. The lowest BCUT2D eigenvalue weighted by Gasteiger charge is -2.26. The molecule has 1 amide bonds. The molecule has 0 aliphatic rings. The maximum absolute atomic E-state index is 14.0. The lowest BCUT2D eigenvalue weighted by molar-refractivity contribution is 0.0683. The van der Waals surface area contributed by atoms with E-state index in [9.17, 15) is 9.18 Å². The molecule has 0 aliphatic carbocycles. The number of carbonyl (C=O) groups excluding carboxylic acids is 1. The highest BCUT2D eigenvalue weighted by atomic mass is 32.1. The van der Waals surface area contributed by atoms with Crippen molar-refractivity contribution in [2.45, 2.75) is 46.9 Å². The Labute approximate surface area is 175 Å². The summed E-state index contributed by atoms with van der Waals surface area (Å²) in [6.07, 6.45) is 0. The number of hydrogen-bond donors (Lipinski definition) is 0. The van der Waals surface area contributed by atoms with Gasteiger partial charge < -0.3 is 9.64 Å². The number of hydrogen-bond acceptors (Lipinski definition) is 4. The number of carbonyl (C=O) groups is 1. The van der Waals surface area contributed by atoms with Gasteiger partial charge in [-0.3, -0.25) is 4.79 Å². The van der Waals surface area contributed by atoms with Gasteiger partial charge >= 0.3 is 0 Å². The van der Waals surface area contributed by atoms with Gasteiger partial charge in [-0.25, -0.2) is 9.37 Å². The highest BCUT2D eigenvalue weighted by Gasteiger charge is 2.22. The number of benzene rings is 2. The summed E-state index contributed by atoms with van der Waals surface area (Å²) in [5.41, 5.74) is 3.26. The van der Waals surface area contributed by atoms with E-state index >= 15 is 0 Å². The first-order chi connectivity index (χ1) is 13.8. The molecule has 0 atom stereocenters. The number of amides is 1. The summed E-state index contributed by atoms with van der Waals surface area (Å²) in [7, 11) is 0. The minimum Gasteiger partial charge on any atom is -0.486 e. The molecule has 3 aromatic rings. The first-order valence-electron chi connectivity index (χ1n) is 9.54. The van der Waals surface area contributed by atoms with E-state index in [-0.39, 0.29) is 17.5 Å². The zero-order valence-electron chi connectivity index (χ0n) is 17.1. The molecule has 2 aromatic carbocycles. The van der Waals surface area contributed by atoms with Crippen molar-refractivity contribution in [3.63, 3.8) is 0 Å². The Morgan fingerprint density at radius 1 is 1.17 bits per heavy atom. The summed E-state index contributed by atoms with van der Waals surface area (Å²) in [6.45, 7) is 8.64. The predicted octanol–water partition coefficient (Wildman–Crippen LogP) is 5.53. The predicted molar refractivity (Wildman–Crippen MR) is 114 cm³/mol. The van der Waals surface area contributed by atoms with E-state index in [2.05, 4.69) is 18.8 Å². The molecular formula is C23H25FN2O2S. The van der Waals surface area contributed by atoms with Crippen molar-refractivity contribution in [2.75, 3.05) is 0 Å². The lowest BCUT2D eigenvalue weighted by Crippen LogP contribution is -2.37. The first kappa shape index (κ1) is 21.0. The minimum absolute atomic E-state index is 0.0785. The normalized spacial score (nSPS) is 11.0. The SMILES string of the molecule is Cc1ccc(OCc2nc(CN(C(=O)c3ccccc3F)C(C)C)cs2)cc1C. The summed E-state index contributed by atoms with van der Waals surface area (Å²) in [5.74, 6) is -0.0358. The van der Waals surface area contributed by atoms with E-state index in [0.717, 1.165) is 16.5 Å². The van der Waals surface area contributed by atoms with Gasteiger partial charge in [0.1, 0.15) is 23.2 Å². The average Bonchev–Trinajstić information content (AvgIpc) is 3.14. The number of rotatable bonds is 7. The second-order valence-corrected chi connectivity index (χ2v) is 8.22. The van der Waals surface area contributed by atoms with Crippen LogP contribution in [0.25, 0.3) is 0 Å². The Kier molecular flexibility index (Phi) is 6.64. The second kappa shape index (κ2) is 9.18. The Bertz CT molecular complexity index is 1000. The van der Waals surface area contributed by atoms with Crippen molar-refractivity contribution >= 4 is 17.2 Å². The van der Waals surface area contributed by atoms with Gasteiger partial charge in [0, 0.05) is 11.4 Å². The Morgan fingerprint density at radius 3 is 2.62 bits per heavy atom. The van der Waals surface area contributed by atoms with Crippen molar-refractivity contribution in [3.8, 4) is 5.75 Å². The van der Waals surface area contributed by atoms with E-state index in [1.807, 2.05) is 37.4 Å². The molecule has 0 N–H and O–H groups in total. The van der Waals surface area contributed by atoms with Crippen molar-refractivity contribution in [1.82, 2.24) is 9.88 Å². The number of ether oxygens (including phenoxy) is 1. The highest BCUT2D eigenvalue weighted by Crippen LogP contribution is 2.21. The van der Waals surface area contributed by atoms with E-state index in [4.69, 9.17) is 4.74 Å². The van der Waals surface area contributed by atoms with Crippen LogP contribution in [-0.2, 0) is 13.2 Å². The lowest BCUT2D eigenvalue weighted by atomic mass is 10.1. The van der Waals surface area contributed by atoms with Crippen LogP contribution in [0.3, 0.4) is 0 Å². The van der Waals surface area contributed by atoms with E-state index in [1.54, 1.807) is 17.0 Å². The van der Waals surface area contributed by atoms with Crippen LogP contribution in [-0.4, -0.2) is 21.8 Å². The zero-order valence-corrected chi connectivity index (χ0v) is 17.9. The van der Waals surface area contributed by atoms with E-state index in [1.165, 1.54) is 34.6 Å². The molecule has 4 nitrogen and oxygen atoms in total. The van der Waals surface area contributed by atoms with E-state index in [0.29, 0.717) is 13.2 Å². The van der Waals surface area contributed by atoms with Crippen molar-refractivity contribution in [3.05, 3.63) is 81.1 Å². The summed E-state index contributed by atoms with van der Waals surface area (Å²) >= 11 is 1.49. The number of thiazole rings is 1. The third-order valence-corrected chi connectivity index (χ3v) is 5.63. The number of nitrogens with zero attached hydrogens (tertiary/aromatic N) is 2. The number of aromatic nitrogens is 1. The molecule has 29 heavy (non-hydrogen) atoms. The molecule has 6 heteroatoms. The molecule has 0 saturated carbocycles. The zero-order chi connectivity index (χ0) is 21.0. The quantitative estimate of drug-likeness (QED) is 0.512. The standard InChI is InChI=1S/C23H25FN2O2S/c1-15(2)26(23(27)20-7-5-6-8-21(20)24)12-18-14-29-22(25-18)13-28-19-10-9-16(3)17(4)11-19/h5-11,14-15H,12-13H2,1-4H3. The van der Waals surface area contributed by atoms with Crippen molar-refractivity contribution in [1.29, 1.82) is 0 Å². The van der Waals surface area contributed by atoms with Gasteiger partial charge in [0.2, 0.25) is 0 Å². The molecule has 0 fully saturated rings. The number of halogens is 1. The Hall–Kier alpha value is -2.73. The average molecular weight is 413 g/mol. The van der Waals surface area contributed by atoms with Crippen LogP contribution in [0, 0.1) is 19.7 Å². The van der Waals surface area contributed by atoms with Crippen LogP contribution in [0.15, 0.2) is 47.8 Å². The Morgan fingerprint density at radius 2 is 1.93 bits per heavy atom. The molecule has 0 unspecified atom stereocenters. The number of aryl methyl sites for hydroxylation is 2. The van der Waals surface area contributed by atoms with Crippen LogP contribution >= 0.6 is 11.3 Å². The van der Waals surface area contributed by atoms with Gasteiger partial charge in [0.05, 0.1) is 17.8 Å². The Balaban J connectivity index is 1.67. The maximum Gasteiger partial charge on any atom is 0.257 e. The molecule has 0 aliphatic heterocycles. The van der Waals surface area contributed by atoms with E-state index < -0.39 is 5.82 Å². The summed E-state index contributed by atoms with van der Waals surface area (Å²) in [5, 5.41) is 2.75. The fourth-order valence-electron chi connectivity index (χ4n) is 2.89. The van der Waals surface area contributed by atoms with Gasteiger partial charge in [0.15, 0.2) is 0 Å². The van der Waals surface area contributed by atoms with Crippen molar-refractivity contribution < 1.29 is 13.9 Å². The molecule has 3 rings (SSSR count). The molecule has 0 saturated heterocycles. The van der Waals surface area contributed by atoms with Crippen LogP contribution in [0.2, 0.25) is 0 Å². The molecular weight excluding hydrogens is 387 g/mol. The van der Waals surface area contributed by atoms with Crippen LogP contribution in [0.4, 0.5) is 4.39 Å². The molecule has 1 heterocycles. The molecule has 152 valence electrons. The summed E-state index contributed by atoms with van der Waals surface area (Å²) in [4.78, 5) is 19.0. The highest BCUT2D eigenvalue weighted by molar-refractivity contribution is 7.09. The van der Waals surface area contributed by atoms with Crippen LogP contribution in [0.1, 0.15) is 46.0 Å². The van der Waals surface area contributed by atoms with Crippen LogP contribution < -0.4 is 4.74 Å². The first-order valence-corrected chi connectivity index (χ1v) is 10.4. The maximum atomic E-state index is 14.0. The molecule has 0 bridgehead atoms. The fraction of sp³-hybridized carbons (Fsp3) is 0.304. The topological polar surface area (TPSA) is 42.4 Å². The second-order valence-electron chi connectivity index (χ2n) is 7.27. The molecule has 0 spiro atoms. The van der Waals surface area contributed by atoms with Gasteiger partial charge in [-0.2, -0.15) is 0 Å². The third-order valence-electron chi connectivity index (χ3n) is 4.76. The third kappa shape index (κ3) is 5.21.